The highest BCUT2D eigenvalue weighted by molar-refractivity contribution is 7.80. The minimum Gasteiger partial charge on any atom is -0.394 e. The molecule has 0 fully saturated rings. The van der Waals surface area contributed by atoms with Crippen molar-refractivity contribution in [3.05, 3.63) is 70.1 Å². The number of anilines is 1. The van der Waals surface area contributed by atoms with Crippen LogP contribution in [0.2, 0.25) is 5.02 Å². The number of aliphatic hydroxyl groups is 1. The number of alkyl halides is 3. The van der Waals surface area contributed by atoms with E-state index in [0.29, 0.717) is 21.2 Å². The normalized spacial score (nSPS) is 11.4. The minimum atomic E-state index is -4.45. The van der Waals surface area contributed by atoms with Gasteiger partial charge in [0.25, 0.3) is 0 Å². The van der Waals surface area contributed by atoms with Gasteiger partial charge in [-0.2, -0.15) is 18.3 Å². The Morgan fingerprint density at radius 1 is 1.15 bits per heavy atom. The maximum atomic E-state index is 13.1. The van der Waals surface area contributed by atoms with Crippen LogP contribution in [0.4, 0.5) is 18.9 Å². The lowest BCUT2D eigenvalue weighted by Gasteiger charge is -2.14. The van der Waals surface area contributed by atoms with Crippen LogP contribution >= 0.6 is 35.6 Å². The van der Waals surface area contributed by atoms with Crippen molar-refractivity contribution in [3.63, 3.8) is 0 Å². The van der Waals surface area contributed by atoms with E-state index in [1.165, 1.54) is 17.4 Å². The molecule has 2 aromatic carbocycles. The molecule has 0 aliphatic rings. The van der Waals surface area contributed by atoms with Gasteiger partial charge in [0, 0.05) is 22.9 Å². The van der Waals surface area contributed by atoms with Gasteiger partial charge in [-0.25, -0.2) is 0 Å². The summed E-state index contributed by atoms with van der Waals surface area (Å²) >= 11 is 11.4. The molecule has 0 spiro atoms. The Morgan fingerprint density at radius 3 is 2.41 bits per heavy atom. The van der Waals surface area contributed by atoms with Gasteiger partial charge < -0.3 is 5.11 Å². The lowest BCUT2D eigenvalue weighted by atomic mass is 10.1. The molecular weight excluding hydrogens is 501 g/mol. The molecule has 34 heavy (non-hydrogen) atoms. The first-order valence-electron chi connectivity index (χ1n) is 10.1. The van der Waals surface area contributed by atoms with Gasteiger partial charge in [-0.1, -0.05) is 29.8 Å². The largest absolute Gasteiger partial charge is 0.417 e. The van der Waals surface area contributed by atoms with Crippen LogP contribution in [0.25, 0.3) is 10.4 Å². The summed E-state index contributed by atoms with van der Waals surface area (Å²) in [5, 5.41) is 14.7. The SMILES string of the molecule is C/C(C#Cc1ccc(-c2ccc(S)c(C(F)(F)F)c2)s1)=N/N(C)c1ccccc1Cl.CC(C)O. The molecular formula is C25H24ClF3N2OS2. The van der Waals surface area contributed by atoms with Crippen molar-refractivity contribution in [3.8, 4) is 22.3 Å². The molecule has 0 amide bonds. The third kappa shape index (κ3) is 8.41. The lowest BCUT2D eigenvalue weighted by molar-refractivity contribution is -0.139. The summed E-state index contributed by atoms with van der Waals surface area (Å²) in [6.45, 7) is 5.22. The maximum absolute atomic E-state index is 13.1. The van der Waals surface area contributed by atoms with E-state index < -0.39 is 11.7 Å². The molecule has 0 unspecified atom stereocenters. The summed E-state index contributed by atoms with van der Waals surface area (Å²) in [7, 11) is 1.78. The third-order valence-corrected chi connectivity index (χ3v) is 5.82. The van der Waals surface area contributed by atoms with E-state index in [4.69, 9.17) is 16.7 Å². The average molecular weight is 525 g/mol. The zero-order chi connectivity index (χ0) is 25.5. The quantitative estimate of drug-likeness (QED) is 0.160. The van der Waals surface area contributed by atoms with Crippen LogP contribution in [0.15, 0.2) is 64.6 Å². The summed E-state index contributed by atoms with van der Waals surface area (Å²) in [6, 6.07) is 14.9. The first-order chi connectivity index (χ1) is 15.9. The van der Waals surface area contributed by atoms with Crippen LogP contribution in [0, 0.1) is 11.8 Å². The summed E-state index contributed by atoms with van der Waals surface area (Å²) in [4.78, 5) is 1.32. The Hall–Kier alpha value is -2.44. The second-order valence-corrected chi connectivity index (χ2v) is 9.37. The number of benzene rings is 2. The summed E-state index contributed by atoms with van der Waals surface area (Å²) < 4.78 is 39.4. The molecule has 1 N–H and O–H groups in total. The first-order valence-corrected chi connectivity index (χ1v) is 11.8. The Morgan fingerprint density at radius 2 is 1.79 bits per heavy atom. The number of hydrogen-bond donors (Lipinski definition) is 2. The van der Waals surface area contributed by atoms with E-state index in [9.17, 15) is 13.2 Å². The molecule has 3 rings (SSSR count). The van der Waals surface area contributed by atoms with E-state index >= 15 is 0 Å². The summed E-state index contributed by atoms with van der Waals surface area (Å²) in [5.41, 5.74) is 1.05. The highest BCUT2D eigenvalue weighted by Crippen LogP contribution is 2.37. The fourth-order valence-corrected chi connectivity index (χ4v) is 4.03. The zero-order valence-corrected chi connectivity index (χ0v) is 21.4. The Bertz CT molecular complexity index is 1210. The Labute approximate surface area is 212 Å². The number of thiol groups is 1. The fourth-order valence-electron chi connectivity index (χ4n) is 2.65. The summed E-state index contributed by atoms with van der Waals surface area (Å²) in [6.07, 6.45) is -4.62. The van der Waals surface area contributed by atoms with Crippen molar-refractivity contribution in [2.75, 3.05) is 12.1 Å². The lowest BCUT2D eigenvalue weighted by Crippen LogP contribution is -2.11. The number of para-hydroxylation sites is 1. The molecule has 0 bridgehead atoms. The van der Waals surface area contributed by atoms with E-state index in [1.807, 2.05) is 18.2 Å². The third-order valence-electron chi connectivity index (χ3n) is 4.06. The van der Waals surface area contributed by atoms with Gasteiger partial charge in [-0.05, 0) is 74.6 Å². The van der Waals surface area contributed by atoms with E-state index in [0.717, 1.165) is 16.6 Å². The van der Waals surface area contributed by atoms with Crippen molar-refractivity contribution in [1.29, 1.82) is 0 Å². The standard InChI is InChI=1S/C22H16ClF3N2S2.C3H8O/c1-14(27-28(2)19-6-4-3-5-18(19)23)7-9-16-10-12-21(30-16)15-8-11-20(29)17(13-15)22(24,25)26;1-3(2)4/h3-6,8,10-13,29H,1-2H3;3-4H,1-2H3/b27-14-;. The van der Waals surface area contributed by atoms with E-state index in [1.54, 1.807) is 57.1 Å². The van der Waals surface area contributed by atoms with E-state index in [-0.39, 0.29) is 11.0 Å². The van der Waals surface area contributed by atoms with Crippen molar-refractivity contribution >= 4 is 47.0 Å². The number of rotatable bonds is 3. The Kier molecular flexibility index (Phi) is 10.1. The molecule has 0 radical (unpaired) electrons. The highest BCUT2D eigenvalue weighted by Gasteiger charge is 2.33. The van der Waals surface area contributed by atoms with Crippen LogP contribution < -0.4 is 5.01 Å². The molecule has 3 nitrogen and oxygen atoms in total. The molecule has 0 aliphatic heterocycles. The number of hydrazone groups is 1. The number of nitrogens with zero attached hydrogens (tertiary/aromatic N) is 2. The molecule has 9 heteroatoms. The highest BCUT2D eigenvalue weighted by atomic mass is 35.5. The van der Waals surface area contributed by atoms with Crippen LogP contribution in [-0.2, 0) is 6.18 Å². The fraction of sp³-hybridized carbons (Fsp3) is 0.240. The average Bonchev–Trinajstić information content (AvgIpc) is 3.20. The van der Waals surface area contributed by atoms with E-state index in [2.05, 4.69) is 29.6 Å². The predicted molar refractivity (Wildman–Crippen MR) is 139 cm³/mol. The summed E-state index contributed by atoms with van der Waals surface area (Å²) in [5.74, 6) is 5.97. The topological polar surface area (TPSA) is 35.8 Å². The molecule has 180 valence electrons. The van der Waals surface area contributed by atoms with Gasteiger partial charge >= 0.3 is 6.18 Å². The van der Waals surface area contributed by atoms with Gasteiger partial charge in [-0.15, -0.1) is 24.0 Å². The monoisotopic (exact) mass is 524 g/mol. The molecule has 1 aromatic heterocycles. The molecule has 0 atom stereocenters. The number of hydrogen-bond acceptors (Lipinski definition) is 5. The van der Waals surface area contributed by atoms with Gasteiger partial charge in [-0.3, -0.25) is 5.01 Å². The molecule has 1 heterocycles. The van der Waals surface area contributed by atoms with Crippen LogP contribution in [0.5, 0.6) is 0 Å². The van der Waals surface area contributed by atoms with Gasteiger partial charge in [0.15, 0.2) is 0 Å². The zero-order valence-electron chi connectivity index (χ0n) is 19.0. The maximum Gasteiger partial charge on any atom is 0.417 e. The molecule has 0 saturated carbocycles. The molecule has 0 aliphatic carbocycles. The Balaban J connectivity index is 0.000000945. The molecule has 3 aromatic rings. The molecule has 0 saturated heterocycles. The van der Waals surface area contributed by atoms with Crippen molar-refractivity contribution in [1.82, 2.24) is 0 Å². The van der Waals surface area contributed by atoms with Crippen molar-refractivity contribution in [2.24, 2.45) is 5.10 Å². The number of aliphatic hydroxyl groups excluding tert-OH is 1. The first kappa shape index (κ1) is 27.8. The van der Waals surface area contributed by atoms with Crippen LogP contribution in [0.3, 0.4) is 0 Å². The van der Waals surface area contributed by atoms with Crippen molar-refractivity contribution < 1.29 is 18.3 Å². The van der Waals surface area contributed by atoms with Crippen LogP contribution in [-0.4, -0.2) is 24.0 Å². The van der Waals surface area contributed by atoms with Gasteiger partial charge in [0.05, 0.1) is 21.2 Å². The second-order valence-electron chi connectivity index (χ2n) is 7.40. The smallest absolute Gasteiger partial charge is 0.394 e. The predicted octanol–water partition coefficient (Wildman–Crippen LogP) is 7.63. The van der Waals surface area contributed by atoms with Gasteiger partial charge in [0.2, 0.25) is 0 Å². The minimum absolute atomic E-state index is 0.0997. The van der Waals surface area contributed by atoms with Crippen molar-refractivity contribution in [2.45, 2.75) is 37.9 Å². The number of thiophene rings is 1. The van der Waals surface area contributed by atoms with Gasteiger partial charge in [0.1, 0.15) is 5.71 Å². The van der Waals surface area contributed by atoms with Crippen LogP contribution in [0.1, 0.15) is 31.2 Å². The second kappa shape index (κ2) is 12.3. The number of halogens is 4.